The molecule has 0 radical (unpaired) electrons. The maximum Gasteiger partial charge on any atom is 0.416 e. The molecule has 2 aromatic carbocycles. The number of hydrogen-bond acceptors (Lipinski definition) is 4. The molecular formula is C17H14F3NO4. The number of halogens is 3. The van der Waals surface area contributed by atoms with E-state index in [1.807, 2.05) is 0 Å². The number of aromatic hydroxyl groups is 1. The van der Waals surface area contributed by atoms with Crippen LogP contribution in [-0.2, 0) is 26.9 Å². The van der Waals surface area contributed by atoms with Crippen LogP contribution in [0.4, 0.5) is 18.9 Å². The summed E-state index contributed by atoms with van der Waals surface area (Å²) in [5, 5.41) is 11.4. The van der Waals surface area contributed by atoms with Gasteiger partial charge in [-0.3, -0.25) is 9.59 Å². The fourth-order valence-corrected chi connectivity index (χ4v) is 1.95. The molecule has 0 aliphatic rings. The van der Waals surface area contributed by atoms with Crippen molar-refractivity contribution in [3.8, 4) is 5.75 Å². The van der Waals surface area contributed by atoms with Crippen LogP contribution in [0.1, 0.15) is 11.1 Å². The van der Waals surface area contributed by atoms with Crippen molar-refractivity contribution in [1.29, 1.82) is 0 Å². The number of esters is 1. The predicted molar refractivity (Wildman–Crippen MR) is 82.8 cm³/mol. The molecule has 0 bridgehead atoms. The van der Waals surface area contributed by atoms with Gasteiger partial charge in [-0.1, -0.05) is 18.2 Å². The predicted octanol–water partition coefficient (Wildman–Crippen LogP) is 3.14. The van der Waals surface area contributed by atoms with E-state index in [4.69, 9.17) is 9.84 Å². The van der Waals surface area contributed by atoms with Gasteiger partial charge >= 0.3 is 12.1 Å². The quantitative estimate of drug-likeness (QED) is 0.810. The number of ether oxygens (including phenoxy) is 1. The van der Waals surface area contributed by atoms with Crippen LogP contribution in [0.2, 0.25) is 0 Å². The summed E-state index contributed by atoms with van der Waals surface area (Å²) in [7, 11) is 0. The van der Waals surface area contributed by atoms with Crippen LogP contribution >= 0.6 is 0 Å². The number of phenols is 1. The third-order valence-electron chi connectivity index (χ3n) is 3.12. The number of alkyl halides is 3. The lowest BCUT2D eigenvalue weighted by Gasteiger charge is -2.10. The lowest BCUT2D eigenvalue weighted by molar-refractivity contribution is -0.146. The second-order valence-corrected chi connectivity index (χ2v) is 5.13. The van der Waals surface area contributed by atoms with Crippen molar-refractivity contribution < 1.29 is 32.6 Å². The van der Waals surface area contributed by atoms with Gasteiger partial charge < -0.3 is 15.2 Å². The summed E-state index contributed by atoms with van der Waals surface area (Å²) in [6.07, 6.45) is -4.62. The summed E-state index contributed by atoms with van der Waals surface area (Å²) < 4.78 is 42.6. The Bertz CT molecular complexity index is 757. The Kier molecular flexibility index (Phi) is 5.63. The molecule has 2 rings (SSSR count). The summed E-state index contributed by atoms with van der Waals surface area (Å²) in [6.45, 7) is -0.618. The Balaban J connectivity index is 1.84. The summed E-state index contributed by atoms with van der Waals surface area (Å²) in [5.41, 5.74) is -0.356. The molecule has 0 saturated heterocycles. The lowest BCUT2D eigenvalue weighted by atomic mass is 10.1. The van der Waals surface area contributed by atoms with Crippen molar-refractivity contribution >= 4 is 17.6 Å². The number of carbonyl (C=O) groups excluding carboxylic acids is 2. The number of phenolic OH excluding ortho intramolecular Hbond substituents is 1. The van der Waals surface area contributed by atoms with Gasteiger partial charge in [0.2, 0.25) is 0 Å². The van der Waals surface area contributed by atoms with Gasteiger partial charge in [0, 0.05) is 5.69 Å². The van der Waals surface area contributed by atoms with E-state index in [1.165, 1.54) is 30.3 Å². The average molecular weight is 353 g/mol. The highest BCUT2D eigenvalue weighted by Crippen LogP contribution is 2.30. The smallest absolute Gasteiger partial charge is 0.416 e. The van der Waals surface area contributed by atoms with Crippen molar-refractivity contribution in [2.24, 2.45) is 0 Å². The minimum atomic E-state index is -4.52. The molecule has 8 heteroatoms. The first-order chi connectivity index (χ1) is 11.7. The van der Waals surface area contributed by atoms with Gasteiger partial charge in [-0.2, -0.15) is 13.2 Å². The number of carbonyl (C=O) groups is 2. The van der Waals surface area contributed by atoms with E-state index in [0.717, 1.165) is 18.2 Å². The molecular weight excluding hydrogens is 339 g/mol. The van der Waals surface area contributed by atoms with Crippen LogP contribution in [0, 0.1) is 0 Å². The Labute approximate surface area is 141 Å². The molecule has 0 spiro atoms. The minimum Gasteiger partial charge on any atom is -0.508 e. The SMILES string of the molecule is O=C(COC(=O)Cc1ccc(O)cc1)Nc1cccc(C(F)(F)F)c1. The zero-order valence-electron chi connectivity index (χ0n) is 12.8. The number of rotatable bonds is 5. The first-order valence-corrected chi connectivity index (χ1v) is 7.14. The molecule has 5 nitrogen and oxygen atoms in total. The van der Waals surface area contributed by atoms with E-state index >= 15 is 0 Å². The molecule has 0 aliphatic heterocycles. The van der Waals surface area contributed by atoms with E-state index in [9.17, 15) is 22.8 Å². The van der Waals surface area contributed by atoms with E-state index < -0.39 is 30.2 Å². The molecule has 0 aromatic heterocycles. The maximum atomic E-state index is 12.6. The third kappa shape index (κ3) is 5.83. The Hall–Kier alpha value is -3.03. The molecule has 2 N–H and O–H groups in total. The van der Waals surface area contributed by atoms with Gasteiger partial charge in [-0.15, -0.1) is 0 Å². The minimum absolute atomic E-state index is 0.0468. The highest BCUT2D eigenvalue weighted by atomic mass is 19.4. The van der Waals surface area contributed by atoms with E-state index in [0.29, 0.717) is 5.56 Å². The van der Waals surface area contributed by atoms with Crippen LogP contribution in [0.15, 0.2) is 48.5 Å². The van der Waals surface area contributed by atoms with Crippen molar-refractivity contribution in [2.45, 2.75) is 12.6 Å². The van der Waals surface area contributed by atoms with Gasteiger partial charge in [0.05, 0.1) is 12.0 Å². The van der Waals surface area contributed by atoms with Crippen LogP contribution in [0.25, 0.3) is 0 Å². The molecule has 0 unspecified atom stereocenters. The monoisotopic (exact) mass is 353 g/mol. The lowest BCUT2D eigenvalue weighted by Crippen LogP contribution is -2.21. The standard InChI is InChI=1S/C17H14F3NO4/c18-17(19,20)12-2-1-3-13(9-12)21-15(23)10-25-16(24)8-11-4-6-14(22)7-5-11/h1-7,9,22H,8,10H2,(H,21,23). The van der Waals surface area contributed by atoms with E-state index in [2.05, 4.69) is 5.32 Å². The second-order valence-electron chi connectivity index (χ2n) is 5.13. The topological polar surface area (TPSA) is 75.6 Å². The van der Waals surface area contributed by atoms with Gasteiger partial charge in [0.25, 0.3) is 5.91 Å². The molecule has 25 heavy (non-hydrogen) atoms. The fraction of sp³-hybridized carbons (Fsp3) is 0.176. The van der Waals surface area contributed by atoms with Crippen LogP contribution in [-0.4, -0.2) is 23.6 Å². The molecule has 2 aromatic rings. The van der Waals surface area contributed by atoms with Crippen molar-refractivity contribution in [2.75, 3.05) is 11.9 Å². The van der Waals surface area contributed by atoms with Crippen molar-refractivity contribution in [3.05, 3.63) is 59.7 Å². The molecule has 0 fully saturated rings. The molecule has 1 amide bonds. The van der Waals surface area contributed by atoms with Crippen LogP contribution < -0.4 is 5.32 Å². The summed E-state index contributed by atoms with van der Waals surface area (Å²) in [4.78, 5) is 23.3. The largest absolute Gasteiger partial charge is 0.508 e. The Morgan fingerprint density at radius 2 is 1.76 bits per heavy atom. The van der Waals surface area contributed by atoms with Gasteiger partial charge in [0.15, 0.2) is 6.61 Å². The van der Waals surface area contributed by atoms with Gasteiger partial charge in [0.1, 0.15) is 5.75 Å². The summed E-state index contributed by atoms with van der Waals surface area (Å²) in [5.74, 6) is -1.37. The number of anilines is 1. The molecule has 132 valence electrons. The van der Waals surface area contributed by atoms with Crippen LogP contribution in [0.5, 0.6) is 5.75 Å². The Morgan fingerprint density at radius 3 is 2.40 bits per heavy atom. The highest BCUT2D eigenvalue weighted by Gasteiger charge is 2.30. The summed E-state index contributed by atoms with van der Waals surface area (Å²) >= 11 is 0. The second kappa shape index (κ2) is 7.69. The van der Waals surface area contributed by atoms with Gasteiger partial charge in [-0.05, 0) is 35.9 Å². The maximum absolute atomic E-state index is 12.6. The summed E-state index contributed by atoms with van der Waals surface area (Å²) in [6, 6.07) is 9.99. The molecule has 0 heterocycles. The number of benzene rings is 2. The fourth-order valence-electron chi connectivity index (χ4n) is 1.95. The normalized spacial score (nSPS) is 11.0. The first kappa shape index (κ1) is 18.3. The molecule has 0 saturated carbocycles. The van der Waals surface area contributed by atoms with Crippen LogP contribution in [0.3, 0.4) is 0 Å². The van der Waals surface area contributed by atoms with Crippen molar-refractivity contribution in [1.82, 2.24) is 0 Å². The number of amides is 1. The zero-order valence-corrected chi connectivity index (χ0v) is 12.8. The number of hydrogen-bond donors (Lipinski definition) is 2. The van der Waals surface area contributed by atoms with Crippen molar-refractivity contribution in [3.63, 3.8) is 0 Å². The first-order valence-electron chi connectivity index (χ1n) is 7.14. The number of nitrogens with one attached hydrogen (secondary N) is 1. The van der Waals surface area contributed by atoms with Gasteiger partial charge in [-0.25, -0.2) is 0 Å². The zero-order chi connectivity index (χ0) is 18.4. The molecule has 0 aliphatic carbocycles. The Morgan fingerprint density at radius 1 is 1.08 bits per heavy atom. The highest BCUT2D eigenvalue weighted by molar-refractivity contribution is 5.93. The average Bonchev–Trinajstić information content (AvgIpc) is 2.55. The van der Waals surface area contributed by atoms with E-state index in [-0.39, 0.29) is 17.9 Å². The molecule has 0 atom stereocenters. The van der Waals surface area contributed by atoms with E-state index in [1.54, 1.807) is 0 Å². The third-order valence-corrected chi connectivity index (χ3v) is 3.12.